The highest BCUT2D eigenvalue weighted by Gasteiger charge is 2.43. The molecule has 3 N–H and O–H groups in total. The van der Waals surface area contributed by atoms with Gasteiger partial charge < -0.3 is 20.5 Å². The molecule has 0 spiro atoms. The lowest BCUT2D eigenvalue weighted by Crippen LogP contribution is -2.40. The highest BCUT2D eigenvalue weighted by atomic mass is 16.5. The summed E-state index contributed by atoms with van der Waals surface area (Å²) in [5, 5.41) is 3.35. The summed E-state index contributed by atoms with van der Waals surface area (Å²) in [6.45, 7) is 11.1. The van der Waals surface area contributed by atoms with E-state index in [0.29, 0.717) is 42.8 Å². The minimum atomic E-state index is -0.506. The molecule has 1 aliphatic heterocycles. The summed E-state index contributed by atoms with van der Waals surface area (Å²) in [6, 6.07) is 3.68. The van der Waals surface area contributed by atoms with Crippen LogP contribution in [0, 0.1) is 5.41 Å². The molecule has 0 fully saturated rings. The minimum Gasteiger partial charge on any atom is -0.463 e. The van der Waals surface area contributed by atoms with E-state index in [1.807, 2.05) is 26.0 Å². The normalized spacial score (nSPS) is 19.8. The zero-order chi connectivity index (χ0) is 23.0. The van der Waals surface area contributed by atoms with E-state index in [9.17, 15) is 9.59 Å². The number of aromatic nitrogens is 1. The van der Waals surface area contributed by atoms with Gasteiger partial charge in [0.15, 0.2) is 5.78 Å². The molecule has 0 aromatic carbocycles. The summed E-state index contributed by atoms with van der Waals surface area (Å²) >= 11 is 0. The summed E-state index contributed by atoms with van der Waals surface area (Å²) in [6.07, 6.45) is 4.49. The average Bonchev–Trinajstić information content (AvgIpc) is 2.74. The number of ketones is 1. The first kappa shape index (κ1) is 24.8. The maximum atomic E-state index is 13.2. The standard InChI is InChI=1S/C22H29N3O4.C2H6/c1-4-29-21(27)20-16(13-28-10-7-23)25-15-11-22(2,3)12-17(26)19(15)18(20)14-5-8-24-9-6-14;1-2/h5-6,8-9,18,25H,4,7,10-13,23H2,1-3H3;1-2H3. The monoisotopic (exact) mass is 429 g/mol. The van der Waals surface area contributed by atoms with Gasteiger partial charge in [0, 0.05) is 42.5 Å². The Morgan fingerprint density at radius 2 is 1.94 bits per heavy atom. The predicted molar refractivity (Wildman–Crippen MR) is 120 cm³/mol. The molecule has 1 aliphatic carbocycles. The number of allylic oxidation sites excluding steroid dienone is 2. The lowest BCUT2D eigenvalue weighted by Gasteiger charge is -2.39. The SMILES string of the molecule is CC.CCOC(=O)C1=C(COCCN)NC2=C(C(=O)CC(C)(C)C2)C1c1ccncc1. The van der Waals surface area contributed by atoms with E-state index in [1.54, 1.807) is 19.3 Å². The Balaban J connectivity index is 0.00000166. The second kappa shape index (κ2) is 11.2. The van der Waals surface area contributed by atoms with Gasteiger partial charge in [0.25, 0.3) is 0 Å². The van der Waals surface area contributed by atoms with Crippen molar-refractivity contribution in [2.45, 2.75) is 53.4 Å². The Kier molecular flexibility index (Phi) is 8.95. The zero-order valence-corrected chi connectivity index (χ0v) is 19.3. The molecule has 1 aromatic heterocycles. The van der Waals surface area contributed by atoms with Crippen molar-refractivity contribution in [3.8, 4) is 0 Å². The van der Waals surface area contributed by atoms with E-state index in [0.717, 1.165) is 11.3 Å². The number of Topliss-reactive ketones (excluding diaryl/α,β-unsaturated/α-hetero) is 1. The molecule has 0 saturated carbocycles. The first-order valence-corrected chi connectivity index (χ1v) is 11.0. The molecule has 31 heavy (non-hydrogen) atoms. The van der Waals surface area contributed by atoms with E-state index < -0.39 is 11.9 Å². The van der Waals surface area contributed by atoms with Gasteiger partial charge in [0.05, 0.1) is 31.1 Å². The first-order chi connectivity index (χ1) is 14.9. The number of dihydropyridines is 1. The van der Waals surface area contributed by atoms with Gasteiger partial charge in [-0.05, 0) is 36.5 Å². The van der Waals surface area contributed by atoms with Gasteiger partial charge in [0.2, 0.25) is 0 Å². The number of ether oxygens (including phenoxy) is 2. The Morgan fingerprint density at radius 1 is 1.26 bits per heavy atom. The number of nitrogens with one attached hydrogen (secondary N) is 1. The van der Waals surface area contributed by atoms with Crippen LogP contribution in [0.1, 0.15) is 58.9 Å². The van der Waals surface area contributed by atoms with Crippen LogP contribution in [0.2, 0.25) is 0 Å². The lowest BCUT2D eigenvalue weighted by molar-refractivity contribution is -0.139. The summed E-state index contributed by atoms with van der Waals surface area (Å²) in [5.74, 6) is -0.903. The maximum absolute atomic E-state index is 13.2. The predicted octanol–water partition coefficient (Wildman–Crippen LogP) is 3.23. The minimum absolute atomic E-state index is 0.0503. The summed E-state index contributed by atoms with van der Waals surface area (Å²) in [7, 11) is 0. The molecule has 2 aliphatic rings. The topological polar surface area (TPSA) is 104 Å². The van der Waals surface area contributed by atoms with Crippen LogP contribution in [0.5, 0.6) is 0 Å². The van der Waals surface area contributed by atoms with Crippen LogP contribution >= 0.6 is 0 Å². The second-order valence-corrected chi connectivity index (χ2v) is 8.13. The first-order valence-electron chi connectivity index (χ1n) is 11.0. The van der Waals surface area contributed by atoms with Crippen molar-refractivity contribution in [1.29, 1.82) is 0 Å². The molecule has 170 valence electrons. The highest BCUT2D eigenvalue weighted by Crippen LogP contribution is 2.46. The van der Waals surface area contributed by atoms with Crippen molar-refractivity contribution in [2.75, 3.05) is 26.4 Å². The number of carbonyl (C=O) groups excluding carboxylic acids is 2. The number of pyridine rings is 1. The molecule has 0 bridgehead atoms. The van der Waals surface area contributed by atoms with E-state index in [1.165, 1.54) is 0 Å². The summed E-state index contributed by atoms with van der Waals surface area (Å²) in [4.78, 5) is 30.3. The fourth-order valence-corrected chi connectivity index (χ4v) is 4.06. The largest absolute Gasteiger partial charge is 0.463 e. The fraction of sp³-hybridized carbons (Fsp3) is 0.542. The number of rotatable bonds is 7. The van der Waals surface area contributed by atoms with Gasteiger partial charge >= 0.3 is 5.97 Å². The molecule has 1 aromatic rings. The van der Waals surface area contributed by atoms with Gasteiger partial charge in [-0.1, -0.05) is 27.7 Å². The van der Waals surface area contributed by atoms with Crippen LogP contribution in [0.4, 0.5) is 0 Å². The van der Waals surface area contributed by atoms with Crippen LogP contribution in [-0.2, 0) is 19.1 Å². The molecule has 1 atom stereocenters. The number of carbonyl (C=O) groups is 2. The third-order valence-corrected chi connectivity index (χ3v) is 5.17. The lowest BCUT2D eigenvalue weighted by atomic mass is 9.68. The quantitative estimate of drug-likeness (QED) is 0.506. The number of esters is 1. The molecular weight excluding hydrogens is 394 g/mol. The van der Waals surface area contributed by atoms with E-state index in [4.69, 9.17) is 15.2 Å². The summed E-state index contributed by atoms with van der Waals surface area (Å²) in [5.41, 5.74) is 8.77. The number of nitrogens with zero attached hydrogens (tertiary/aromatic N) is 1. The van der Waals surface area contributed by atoms with Crippen molar-refractivity contribution in [3.05, 3.63) is 52.6 Å². The Hall–Kier alpha value is -2.51. The molecule has 7 nitrogen and oxygen atoms in total. The molecule has 1 unspecified atom stereocenters. The molecule has 0 saturated heterocycles. The van der Waals surface area contributed by atoms with Crippen LogP contribution in [0.3, 0.4) is 0 Å². The van der Waals surface area contributed by atoms with Crippen LogP contribution in [-0.4, -0.2) is 43.1 Å². The fourth-order valence-electron chi connectivity index (χ4n) is 4.06. The number of hydrogen-bond acceptors (Lipinski definition) is 7. The summed E-state index contributed by atoms with van der Waals surface area (Å²) < 4.78 is 11.0. The van der Waals surface area contributed by atoms with Gasteiger partial charge in [-0.25, -0.2) is 4.79 Å². The smallest absolute Gasteiger partial charge is 0.336 e. The van der Waals surface area contributed by atoms with Crippen LogP contribution in [0.25, 0.3) is 0 Å². The Morgan fingerprint density at radius 3 is 2.55 bits per heavy atom. The van der Waals surface area contributed by atoms with Gasteiger partial charge in [0.1, 0.15) is 0 Å². The maximum Gasteiger partial charge on any atom is 0.336 e. The number of hydrogen-bond donors (Lipinski definition) is 2. The van der Waals surface area contributed by atoms with E-state index in [2.05, 4.69) is 24.1 Å². The van der Waals surface area contributed by atoms with Crippen molar-refractivity contribution in [1.82, 2.24) is 10.3 Å². The van der Waals surface area contributed by atoms with E-state index in [-0.39, 0.29) is 24.4 Å². The molecule has 3 rings (SSSR count). The van der Waals surface area contributed by atoms with E-state index >= 15 is 0 Å². The van der Waals surface area contributed by atoms with Crippen molar-refractivity contribution in [3.63, 3.8) is 0 Å². The van der Waals surface area contributed by atoms with Gasteiger partial charge in [-0.15, -0.1) is 0 Å². The molecule has 2 heterocycles. The zero-order valence-electron chi connectivity index (χ0n) is 19.3. The van der Waals surface area contributed by atoms with Crippen molar-refractivity contribution in [2.24, 2.45) is 11.1 Å². The van der Waals surface area contributed by atoms with Crippen LogP contribution in [0.15, 0.2) is 47.1 Å². The molecule has 7 heteroatoms. The Bertz CT molecular complexity index is 844. The third kappa shape index (κ3) is 5.80. The van der Waals surface area contributed by atoms with Gasteiger partial charge in [-0.3, -0.25) is 9.78 Å². The molecule has 0 radical (unpaired) electrons. The Labute approximate surface area is 185 Å². The molecule has 0 amide bonds. The number of nitrogens with two attached hydrogens (primary N) is 1. The molecular formula is C24H35N3O4. The van der Waals surface area contributed by atoms with Gasteiger partial charge in [-0.2, -0.15) is 0 Å². The highest BCUT2D eigenvalue weighted by molar-refractivity contribution is 6.04. The average molecular weight is 430 g/mol. The van der Waals surface area contributed by atoms with Crippen LogP contribution < -0.4 is 11.1 Å². The third-order valence-electron chi connectivity index (χ3n) is 5.17. The second-order valence-electron chi connectivity index (χ2n) is 8.13. The van der Waals surface area contributed by atoms with Crippen molar-refractivity contribution >= 4 is 11.8 Å². The van der Waals surface area contributed by atoms with Crippen molar-refractivity contribution < 1.29 is 19.1 Å².